The first-order chi connectivity index (χ1) is 20.3. The van der Waals surface area contributed by atoms with E-state index in [1.165, 1.54) is 27.9 Å². The van der Waals surface area contributed by atoms with Gasteiger partial charge in [0.1, 0.15) is 0 Å². The molecule has 3 aromatic rings. The second-order valence-corrected chi connectivity index (χ2v) is 11.6. The summed E-state index contributed by atoms with van der Waals surface area (Å²) < 4.78 is 2.31. The Morgan fingerprint density at radius 2 is 1.86 bits per heavy atom. The summed E-state index contributed by atoms with van der Waals surface area (Å²) >= 11 is 0. The van der Waals surface area contributed by atoms with Crippen molar-refractivity contribution in [2.45, 2.75) is 71.9 Å². The minimum absolute atomic E-state index is 0.139. The molecule has 4 nitrogen and oxygen atoms in total. The molecule has 1 aliphatic rings. The molecule has 0 saturated heterocycles. The maximum atomic E-state index is 12.5. The Labute approximate surface area is 252 Å². The monoisotopic (exact) mass is 559 g/mol. The summed E-state index contributed by atoms with van der Waals surface area (Å²) in [6, 6.07) is 16.6. The molecule has 0 radical (unpaired) electrons. The Kier molecular flexibility index (Phi) is 10.7. The molecular weight excluding hydrogens is 514 g/mol. The molecule has 1 heterocycles. The maximum Gasteiger partial charge on any atom is 0.220 e. The molecule has 0 aliphatic heterocycles. The van der Waals surface area contributed by atoms with Gasteiger partial charge in [0.2, 0.25) is 5.91 Å². The Balaban J connectivity index is 1.18. The quantitative estimate of drug-likeness (QED) is 0.119. The van der Waals surface area contributed by atoms with Gasteiger partial charge in [-0.2, -0.15) is 0 Å². The van der Waals surface area contributed by atoms with Crippen molar-refractivity contribution in [2.24, 2.45) is 5.92 Å². The lowest BCUT2D eigenvalue weighted by molar-refractivity contribution is -0.121. The van der Waals surface area contributed by atoms with E-state index in [1.54, 1.807) is 0 Å². The van der Waals surface area contributed by atoms with Crippen molar-refractivity contribution in [1.82, 2.24) is 15.2 Å². The number of hydrogen-bond donors (Lipinski definition) is 2. The number of allylic oxidation sites excluding steroid dienone is 3. The number of nitrogens with one attached hydrogen (secondary N) is 2. The van der Waals surface area contributed by atoms with Gasteiger partial charge in [0.05, 0.1) is 0 Å². The summed E-state index contributed by atoms with van der Waals surface area (Å²) in [5.41, 5.74) is 10.2. The number of terminal acetylenes is 1. The summed E-state index contributed by atoms with van der Waals surface area (Å²) in [6.07, 6.45) is 19.0. The van der Waals surface area contributed by atoms with Crippen LogP contribution >= 0.6 is 0 Å². The lowest BCUT2D eigenvalue weighted by Gasteiger charge is -2.16. The van der Waals surface area contributed by atoms with E-state index >= 15 is 0 Å². The van der Waals surface area contributed by atoms with Crippen LogP contribution < -0.4 is 10.6 Å². The van der Waals surface area contributed by atoms with Gasteiger partial charge in [-0.05, 0) is 77.8 Å². The smallest absolute Gasteiger partial charge is 0.220 e. The summed E-state index contributed by atoms with van der Waals surface area (Å²) in [7, 11) is 1.94. The van der Waals surface area contributed by atoms with Gasteiger partial charge in [-0.1, -0.05) is 81.7 Å². The normalized spacial score (nSPS) is 14.1. The van der Waals surface area contributed by atoms with Crippen LogP contribution in [0.4, 0.5) is 0 Å². The lowest BCUT2D eigenvalue weighted by Crippen LogP contribution is -2.22. The minimum Gasteiger partial charge on any atom is -0.388 e. The summed E-state index contributed by atoms with van der Waals surface area (Å²) in [5.74, 6) is 3.85. The van der Waals surface area contributed by atoms with E-state index in [9.17, 15) is 4.79 Å². The van der Waals surface area contributed by atoms with Crippen molar-refractivity contribution >= 4 is 23.3 Å². The molecule has 0 fully saturated rings. The van der Waals surface area contributed by atoms with E-state index in [-0.39, 0.29) is 5.91 Å². The first-order valence-electron chi connectivity index (χ1n) is 15.2. The van der Waals surface area contributed by atoms with Gasteiger partial charge in [0.25, 0.3) is 0 Å². The van der Waals surface area contributed by atoms with Crippen molar-refractivity contribution in [3.05, 3.63) is 113 Å². The van der Waals surface area contributed by atoms with Crippen molar-refractivity contribution in [3.63, 3.8) is 0 Å². The standard InChI is InChI=1S/C38H45N3O/c1-7-30-13-16-32(17-14-30)28(4)24-37(39-6)35-21-23-41(29(35)5)22-11-9-8-10-12-38(42)40-26-31-15-18-33-19-20-34(27(2)3)36(33)25-31/h1,13-21,23-25,27,34,39H,4,8-12,22,26H2,2-3,5-6H3,(H,40,42)/b37-24+. The second kappa shape index (κ2) is 14.6. The zero-order valence-electron chi connectivity index (χ0n) is 25.7. The molecule has 2 N–H and O–H groups in total. The van der Waals surface area contributed by atoms with Crippen LogP contribution in [0.3, 0.4) is 0 Å². The van der Waals surface area contributed by atoms with Crippen molar-refractivity contribution in [2.75, 3.05) is 7.05 Å². The van der Waals surface area contributed by atoms with Crippen LogP contribution in [0.1, 0.15) is 90.9 Å². The van der Waals surface area contributed by atoms with Crippen LogP contribution in [0, 0.1) is 25.2 Å². The molecule has 0 saturated carbocycles. The molecule has 1 aromatic heterocycles. The third kappa shape index (κ3) is 7.74. The molecule has 218 valence electrons. The Bertz CT molecular complexity index is 1490. The number of carbonyl (C=O) groups is 1. The molecule has 2 aromatic carbocycles. The topological polar surface area (TPSA) is 46.1 Å². The molecule has 0 bridgehead atoms. The number of rotatable bonds is 14. The number of benzene rings is 2. The average Bonchev–Trinajstić information content (AvgIpc) is 3.59. The van der Waals surface area contributed by atoms with E-state index < -0.39 is 0 Å². The van der Waals surface area contributed by atoms with Gasteiger partial charge in [0, 0.05) is 61.2 Å². The molecular formula is C38H45N3O. The first kappa shape index (κ1) is 30.7. The fraction of sp³-hybridized carbons (Fsp3) is 0.342. The Hall–Kier alpha value is -4.23. The SMILES string of the molecule is C#Cc1ccc(C(=C)/C=C(/NC)c2ccn(CCCCCCC(=O)NCc3ccc4c(c3)C(C(C)C)C=C4)c2C)cc1. The number of carbonyl (C=O) groups excluding carboxylic acids is 1. The third-order valence-corrected chi connectivity index (χ3v) is 8.30. The van der Waals surface area contributed by atoms with E-state index in [2.05, 4.69) is 97.2 Å². The molecule has 1 amide bonds. The number of amides is 1. The maximum absolute atomic E-state index is 12.5. The molecule has 4 heteroatoms. The number of aryl methyl sites for hydroxylation is 1. The zero-order valence-corrected chi connectivity index (χ0v) is 25.7. The van der Waals surface area contributed by atoms with E-state index in [0.29, 0.717) is 24.8 Å². The Morgan fingerprint density at radius 3 is 2.57 bits per heavy atom. The average molecular weight is 560 g/mol. The number of hydrogen-bond acceptors (Lipinski definition) is 2. The van der Waals surface area contributed by atoms with Gasteiger partial charge < -0.3 is 15.2 Å². The summed E-state index contributed by atoms with van der Waals surface area (Å²) in [6.45, 7) is 12.5. The molecule has 0 spiro atoms. The van der Waals surface area contributed by atoms with Crippen LogP contribution in [-0.4, -0.2) is 17.5 Å². The van der Waals surface area contributed by atoms with Crippen molar-refractivity contribution in [1.29, 1.82) is 0 Å². The van der Waals surface area contributed by atoms with Crippen LogP contribution in [-0.2, 0) is 17.9 Å². The van der Waals surface area contributed by atoms with Gasteiger partial charge in [-0.15, -0.1) is 6.42 Å². The van der Waals surface area contributed by atoms with E-state index in [4.69, 9.17) is 6.42 Å². The summed E-state index contributed by atoms with van der Waals surface area (Å²) in [4.78, 5) is 12.5. The van der Waals surface area contributed by atoms with E-state index in [1.807, 2.05) is 31.3 Å². The highest BCUT2D eigenvalue weighted by atomic mass is 16.1. The summed E-state index contributed by atoms with van der Waals surface area (Å²) in [5, 5.41) is 6.46. The van der Waals surface area contributed by atoms with Crippen LogP contribution in [0.25, 0.3) is 17.3 Å². The molecule has 4 rings (SSSR count). The predicted molar refractivity (Wildman–Crippen MR) is 178 cm³/mol. The minimum atomic E-state index is 0.139. The predicted octanol–water partition coefficient (Wildman–Crippen LogP) is 8.08. The largest absolute Gasteiger partial charge is 0.388 e. The number of fused-ring (bicyclic) bond motifs is 1. The van der Waals surface area contributed by atoms with Gasteiger partial charge in [-0.25, -0.2) is 0 Å². The first-order valence-corrected chi connectivity index (χ1v) is 15.2. The molecule has 42 heavy (non-hydrogen) atoms. The molecule has 1 atom stereocenters. The molecule has 1 aliphatic carbocycles. The third-order valence-electron chi connectivity index (χ3n) is 8.30. The second-order valence-electron chi connectivity index (χ2n) is 11.6. The fourth-order valence-corrected chi connectivity index (χ4v) is 5.68. The highest BCUT2D eigenvalue weighted by Gasteiger charge is 2.20. The van der Waals surface area contributed by atoms with Gasteiger partial charge in [-0.3, -0.25) is 4.79 Å². The van der Waals surface area contributed by atoms with Crippen molar-refractivity contribution in [3.8, 4) is 12.3 Å². The van der Waals surface area contributed by atoms with Gasteiger partial charge >= 0.3 is 0 Å². The highest BCUT2D eigenvalue weighted by Crippen LogP contribution is 2.35. The molecule has 1 unspecified atom stereocenters. The van der Waals surface area contributed by atoms with Crippen LogP contribution in [0.15, 0.2) is 73.5 Å². The van der Waals surface area contributed by atoms with Gasteiger partial charge in [0.15, 0.2) is 0 Å². The van der Waals surface area contributed by atoms with Crippen LogP contribution in [0.2, 0.25) is 0 Å². The zero-order chi connectivity index (χ0) is 30.1. The van der Waals surface area contributed by atoms with Crippen LogP contribution in [0.5, 0.6) is 0 Å². The number of unbranched alkanes of at least 4 members (excludes halogenated alkanes) is 3. The number of aromatic nitrogens is 1. The fourth-order valence-electron chi connectivity index (χ4n) is 5.68. The van der Waals surface area contributed by atoms with E-state index in [0.717, 1.165) is 54.6 Å². The lowest BCUT2D eigenvalue weighted by atomic mass is 9.89. The Morgan fingerprint density at radius 1 is 1.10 bits per heavy atom. The van der Waals surface area contributed by atoms with Crippen molar-refractivity contribution < 1.29 is 4.79 Å². The highest BCUT2D eigenvalue weighted by molar-refractivity contribution is 5.82. The number of nitrogens with zero attached hydrogens (tertiary/aromatic N) is 1.